The van der Waals surface area contributed by atoms with Crippen LogP contribution in [0.25, 0.3) is 0 Å². The first kappa shape index (κ1) is 20.2. The Morgan fingerprint density at radius 2 is 1.71 bits per heavy atom. The first-order valence-corrected chi connectivity index (χ1v) is 9.43. The van der Waals surface area contributed by atoms with E-state index >= 15 is 0 Å². The lowest BCUT2D eigenvalue weighted by molar-refractivity contribution is -0.0596. The van der Waals surface area contributed by atoms with Gasteiger partial charge >= 0.3 is 16.3 Å². The number of ether oxygens (including phenoxy) is 1. The lowest BCUT2D eigenvalue weighted by Crippen LogP contribution is -2.25. The molecule has 0 heterocycles. The lowest BCUT2D eigenvalue weighted by atomic mass is 10.1. The van der Waals surface area contributed by atoms with Gasteiger partial charge in [-0.25, -0.2) is 0 Å². The summed E-state index contributed by atoms with van der Waals surface area (Å²) in [6.07, 6.45) is -4.44. The van der Waals surface area contributed by atoms with Crippen LogP contribution in [-0.4, -0.2) is 51.9 Å². The predicted molar refractivity (Wildman–Crippen MR) is 76.9 cm³/mol. The molecule has 0 fully saturated rings. The highest BCUT2D eigenvalue weighted by molar-refractivity contribution is 7.86. The van der Waals surface area contributed by atoms with Crippen molar-refractivity contribution in [1.82, 2.24) is 0 Å². The number of nitrogens with zero attached hydrogens (tertiary/aromatic N) is 1. The van der Waals surface area contributed by atoms with Gasteiger partial charge in [0.1, 0.15) is 18.1 Å². The number of rotatable bonds is 7. The largest absolute Gasteiger partial charge is 0.492 e. The average Bonchev–Trinajstić information content (AvgIpc) is 2.36. The third kappa shape index (κ3) is 7.61. The van der Waals surface area contributed by atoms with E-state index < -0.39 is 50.0 Å². The van der Waals surface area contributed by atoms with Gasteiger partial charge in [-0.2, -0.15) is 30.0 Å². The maximum absolute atomic E-state index is 12.9. The van der Waals surface area contributed by atoms with E-state index in [2.05, 4.69) is 9.44 Å². The van der Waals surface area contributed by atoms with Gasteiger partial charge in [-0.1, -0.05) is 5.16 Å². The second kappa shape index (κ2) is 7.36. The van der Waals surface area contributed by atoms with Crippen LogP contribution < -0.4 is 4.74 Å². The highest BCUT2D eigenvalue weighted by atomic mass is 32.2. The standard InChI is InChI=1S/C11H12F3NO7S2/c1-23(16,17)22-15-10(11(12,13)14)8-2-4-9(5-3-8)21-6-7-24(18,19)20/h2-5H,6-7H2,1H3,(H,18,19,20)/b15-10-. The van der Waals surface area contributed by atoms with E-state index in [0.29, 0.717) is 6.26 Å². The molecule has 0 bridgehead atoms. The van der Waals surface area contributed by atoms with Gasteiger partial charge in [0.25, 0.3) is 10.1 Å². The van der Waals surface area contributed by atoms with Crippen LogP contribution in [0.1, 0.15) is 5.56 Å². The van der Waals surface area contributed by atoms with Gasteiger partial charge in [0.15, 0.2) is 5.71 Å². The van der Waals surface area contributed by atoms with Crippen LogP contribution in [0.4, 0.5) is 13.2 Å². The Morgan fingerprint density at radius 1 is 1.17 bits per heavy atom. The van der Waals surface area contributed by atoms with E-state index in [-0.39, 0.29) is 5.75 Å². The zero-order valence-corrected chi connectivity index (χ0v) is 13.7. The molecule has 0 radical (unpaired) electrons. The van der Waals surface area contributed by atoms with E-state index in [1.54, 1.807) is 0 Å². The summed E-state index contributed by atoms with van der Waals surface area (Å²) in [7, 11) is -8.44. The van der Waals surface area contributed by atoms with Crippen LogP contribution in [0.3, 0.4) is 0 Å². The van der Waals surface area contributed by atoms with Gasteiger partial charge in [-0.3, -0.25) is 8.84 Å². The summed E-state index contributed by atoms with van der Waals surface area (Å²) in [4.78, 5) is 0. The SMILES string of the molecule is CS(=O)(=O)O/N=C(/c1ccc(OCCS(=O)(=O)O)cc1)C(F)(F)F. The van der Waals surface area contributed by atoms with E-state index in [0.717, 1.165) is 24.3 Å². The molecule has 0 aliphatic carbocycles. The fraction of sp³-hybridized carbons (Fsp3) is 0.364. The fourth-order valence-corrected chi connectivity index (χ4v) is 1.85. The Balaban J connectivity index is 2.94. The minimum atomic E-state index is -4.97. The molecule has 0 aliphatic heterocycles. The summed E-state index contributed by atoms with van der Waals surface area (Å²) in [5.41, 5.74) is -2.06. The Labute approximate surface area is 135 Å². The van der Waals surface area contributed by atoms with Gasteiger partial charge < -0.3 is 4.74 Å². The molecule has 1 rings (SSSR count). The van der Waals surface area contributed by atoms with Gasteiger partial charge in [0, 0.05) is 5.56 Å². The van der Waals surface area contributed by atoms with E-state index in [1.165, 1.54) is 0 Å². The molecule has 1 aromatic carbocycles. The molecule has 13 heteroatoms. The number of halogens is 3. The summed E-state index contributed by atoms with van der Waals surface area (Å²) in [6, 6.07) is 4.03. The Hall–Kier alpha value is -1.86. The van der Waals surface area contributed by atoms with Crippen LogP contribution in [0.2, 0.25) is 0 Å². The second-order valence-corrected chi connectivity index (χ2v) is 7.50. The number of hydrogen-bond donors (Lipinski definition) is 1. The highest BCUT2D eigenvalue weighted by Crippen LogP contribution is 2.24. The predicted octanol–water partition coefficient (Wildman–Crippen LogP) is 1.20. The van der Waals surface area contributed by atoms with Crippen molar-refractivity contribution in [2.45, 2.75) is 6.18 Å². The molecule has 0 saturated carbocycles. The van der Waals surface area contributed by atoms with Crippen molar-refractivity contribution in [2.75, 3.05) is 18.6 Å². The van der Waals surface area contributed by atoms with Crippen LogP contribution >= 0.6 is 0 Å². The normalized spacial score (nSPS) is 13.6. The molecule has 0 spiro atoms. The van der Waals surface area contributed by atoms with E-state index in [4.69, 9.17) is 9.29 Å². The topological polar surface area (TPSA) is 119 Å². The van der Waals surface area contributed by atoms with E-state index in [1.807, 2.05) is 0 Å². The molecular weight excluding hydrogens is 379 g/mol. The first-order valence-electron chi connectivity index (χ1n) is 6.00. The van der Waals surface area contributed by atoms with Gasteiger partial charge in [0.05, 0.1) is 6.26 Å². The van der Waals surface area contributed by atoms with Gasteiger partial charge in [0.2, 0.25) is 0 Å². The summed E-state index contributed by atoms with van der Waals surface area (Å²) in [5.74, 6) is -0.653. The number of alkyl halides is 3. The third-order valence-electron chi connectivity index (χ3n) is 2.27. The number of oxime groups is 1. The fourth-order valence-electron chi connectivity index (χ4n) is 1.35. The Morgan fingerprint density at radius 3 is 2.12 bits per heavy atom. The average molecular weight is 391 g/mol. The molecule has 0 saturated heterocycles. The molecule has 8 nitrogen and oxygen atoms in total. The van der Waals surface area contributed by atoms with Crippen LogP contribution in [0.5, 0.6) is 5.75 Å². The maximum atomic E-state index is 12.9. The minimum Gasteiger partial charge on any atom is -0.492 e. The minimum absolute atomic E-state index is 0.0351. The van der Waals surface area contributed by atoms with Crippen LogP contribution in [-0.2, 0) is 24.5 Å². The van der Waals surface area contributed by atoms with Gasteiger partial charge in [-0.15, -0.1) is 0 Å². The maximum Gasteiger partial charge on any atom is 0.437 e. The zero-order valence-electron chi connectivity index (χ0n) is 12.0. The molecule has 136 valence electrons. The third-order valence-corrected chi connectivity index (χ3v) is 3.30. The Bertz CT molecular complexity index is 799. The van der Waals surface area contributed by atoms with Crippen molar-refractivity contribution >= 4 is 25.9 Å². The van der Waals surface area contributed by atoms with Crippen molar-refractivity contribution in [3.63, 3.8) is 0 Å². The molecule has 24 heavy (non-hydrogen) atoms. The molecule has 0 unspecified atom stereocenters. The zero-order chi connectivity index (χ0) is 18.6. The first-order chi connectivity index (χ1) is 10.8. The second-order valence-electron chi connectivity index (χ2n) is 4.38. The van der Waals surface area contributed by atoms with Crippen molar-refractivity contribution in [1.29, 1.82) is 0 Å². The van der Waals surface area contributed by atoms with Gasteiger partial charge in [-0.05, 0) is 24.3 Å². The van der Waals surface area contributed by atoms with Crippen molar-refractivity contribution in [3.05, 3.63) is 29.8 Å². The molecule has 0 aromatic heterocycles. The monoisotopic (exact) mass is 391 g/mol. The summed E-state index contributed by atoms with van der Waals surface area (Å²) in [6.45, 7) is -0.407. The molecule has 0 atom stereocenters. The molecule has 0 aliphatic rings. The van der Waals surface area contributed by atoms with Crippen LogP contribution in [0.15, 0.2) is 29.4 Å². The highest BCUT2D eigenvalue weighted by Gasteiger charge is 2.38. The van der Waals surface area contributed by atoms with E-state index in [9.17, 15) is 30.0 Å². The summed E-state index contributed by atoms with van der Waals surface area (Å²) in [5, 5.41) is 2.61. The van der Waals surface area contributed by atoms with Crippen LogP contribution in [0, 0.1) is 0 Å². The molecule has 1 aromatic rings. The Kier molecular flexibility index (Phi) is 6.19. The number of hydrogen-bond acceptors (Lipinski definition) is 7. The van der Waals surface area contributed by atoms with Crippen molar-refractivity contribution in [2.24, 2.45) is 5.16 Å². The molecular formula is C11H12F3NO7S2. The smallest absolute Gasteiger partial charge is 0.437 e. The number of benzene rings is 1. The van der Waals surface area contributed by atoms with Crippen molar-refractivity contribution < 1.29 is 43.6 Å². The quantitative estimate of drug-likeness (QED) is 0.421. The molecule has 1 N–H and O–H groups in total. The summed E-state index contributed by atoms with van der Waals surface area (Å²) >= 11 is 0. The lowest BCUT2D eigenvalue weighted by Gasteiger charge is -2.11. The summed E-state index contributed by atoms with van der Waals surface area (Å²) < 4.78 is 98.4. The van der Waals surface area contributed by atoms with Crippen molar-refractivity contribution in [3.8, 4) is 5.75 Å². The molecule has 0 amide bonds.